The molecule has 0 bridgehead atoms. The Bertz CT molecular complexity index is 775. The summed E-state index contributed by atoms with van der Waals surface area (Å²) in [5.41, 5.74) is 1.26. The second-order valence-corrected chi connectivity index (χ2v) is 6.05. The first kappa shape index (κ1) is 19.5. The number of methoxy groups -OCH3 is 1. The Kier molecular flexibility index (Phi) is 7.02. The van der Waals surface area contributed by atoms with Crippen LogP contribution in [-0.4, -0.2) is 26.2 Å². The van der Waals surface area contributed by atoms with Gasteiger partial charge in [-0.1, -0.05) is 0 Å². The van der Waals surface area contributed by atoms with Crippen LogP contribution >= 0.6 is 22.6 Å². The van der Waals surface area contributed by atoms with Gasteiger partial charge in [0.2, 0.25) is 0 Å². The standard InChI is InChI=1S/C16H14F3IN2O3/c1-24-6-7-25-22-16(23)10-3-4-11(17)14(19)15(10)21-13-5-2-9(20)8-12(13)18/h2-5,8,21H,6-7H2,1H3,(H,22,23). The van der Waals surface area contributed by atoms with Crippen LogP contribution in [0.15, 0.2) is 30.3 Å². The highest BCUT2D eigenvalue weighted by molar-refractivity contribution is 14.1. The van der Waals surface area contributed by atoms with Crippen molar-refractivity contribution in [3.05, 3.63) is 56.9 Å². The van der Waals surface area contributed by atoms with Crippen LogP contribution in [0.3, 0.4) is 0 Å². The van der Waals surface area contributed by atoms with Crippen LogP contribution < -0.4 is 10.8 Å². The van der Waals surface area contributed by atoms with Gasteiger partial charge in [0.25, 0.3) is 5.91 Å². The molecule has 2 rings (SSSR count). The minimum atomic E-state index is -1.30. The van der Waals surface area contributed by atoms with Gasteiger partial charge < -0.3 is 10.1 Å². The van der Waals surface area contributed by atoms with Gasteiger partial charge >= 0.3 is 0 Å². The first-order chi connectivity index (χ1) is 11.9. The summed E-state index contributed by atoms with van der Waals surface area (Å²) in [6, 6.07) is 6.03. The zero-order valence-corrected chi connectivity index (χ0v) is 15.2. The van der Waals surface area contributed by atoms with Gasteiger partial charge in [-0.05, 0) is 52.9 Å². The van der Waals surface area contributed by atoms with Gasteiger partial charge in [0.1, 0.15) is 5.82 Å². The highest BCUT2D eigenvalue weighted by Gasteiger charge is 2.20. The summed E-state index contributed by atoms with van der Waals surface area (Å²) in [6.45, 7) is 0.303. The third kappa shape index (κ3) is 5.06. The molecule has 2 N–H and O–H groups in total. The van der Waals surface area contributed by atoms with E-state index < -0.39 is 29.0 Å². The number of ether oxygens (including phenoxy) is 1. The second-order valence-electron chi connectivity index (χ2n) is 4.81. The topological polar surface area (TPSA) is 59.6 Å². The van der Waals surface area contributed by atoms with E-state index in [1.807, 2.05) is 22.6 Å². The minimum Gasteiger partial charge on any atom is -0.382 e. The molecule has 0 aliphatic rings. The fraction of sp³-hybridized carbons (Fsp3) is 0.188. The molecule has 25 heavy (non-hydrogen) atoms. The summed E-state index contributed by atoms with van der Waals surface area (Å²) in [7, 11) is 1.46. The molecule has 2 aromatic carbocycles. The summed E-state index contributed by atoms with van der Waals surface area (Å²) in [6.07, 6.45) is 0. The summed E-state index contributed by atoms with van der Waals surface area (Å²) in [5.74, 6) is -3.96. The molecule has 0 saturated heterocycles. The Morgan fingerprint density at radius 2 is 1.88 bits per heavy atom. The molecule has 0 radical (unpaired) electrons. The monoisotopic (exact) mass is 466 g/mol. The first-order valence-electron chi connectivity index (χ1n) is 7.05. The lowest BCUT2D eigenvalue weighted by molar-refractivity contribution is 0.00892. The lowest BCUT2D eigenvalue weighted by Gasteiger charge is -2.14. The number of benzene rings is 2. The lowest BCUT2D eigenvalue weighted by atomic mass is 10.1. The number of nitrogens with one attached hydrogen (secondary N) is 2. The Balaban J connectivity index is 2.29. The molecule has 0 aliphatic heterocycles. The Hall–Kier alpha value is -1.85. The van der Waals surface area contributed by atoms with E-state index in [9.17, 15) is 18.0 Å². The normalized spacial score (nSPS) is 10.6. The van der Waals surface area contributed by atoms with E-state index >= 15 is 0 Å². The van der Waals surface area contributed by atoms with Gasteiger partial charge in [0, 0.05) is 10.7 Å². The number of rotatable bonds is 7. The molecule has 2 aromatic rings. The van der Waals surface area contributed by atoms with Gasteiger partial charge in [-0.2, -0.15) is 0 Å². The van der Waals surface area contributed by atoms with Crippen molar-refractivity contribution in [2.24, 2.45) is 0 Å². The van der Waals surface area contributed by atoms with E-state index in [4.69, 9.17) is 9.57 Å². The summed E-state index contributed by atoms with van der Waals surface area (Å²) in [5, 5.41) is 2.43. The molecular formula is C16H14F3IN2O3. The quantitative estimate of drug-likeness (QED) is 0.371. The predicted octanol–water partition coefficient (Wildman–Crippen LogP) is 3.76. The summed E-state index contributed by atoms with van der Waals surface area (Å²) in [4.78, 5) is 17.0. The zero-order chi connectivity index (χ0) is 18.4. The Morgan fingerprint density at radius 3 is 2.56 bits per heavy atom. The molecule has 0 spiro atoms. The molecule has 0 atom stereocenters. The molecule has 0 saturated carbocycles. The first-order valence-corrected chi connectivity index (χ1v) is 8.13. The van der Waals surface area contributed by atoms with Crippen LogP contribution in [-0.2, 0) is 9.57 Å². The smallest absolute Gasteiger partial charge is 0.277 e. The maximum absolute atomic E-state index is 14.2. The van der Waals surface area contributed by atoms with Gasteiger partial charge in [0.15, 0.2) is 11.6 Å². The van der Waals surface area contributed by atoms with Crippen LogP contribution in [0.2, 0.25) is 0 Å². The number of hydrogen-bond acceptors (Lipinski definition) is 4. The van der Waals surface area contributed by atoms with Crippen molar-refractivity contribution in [1.82, 2.24) is 5.48 Å². The zero-order valence-electron chi connectivity index (χ0n) is 13.0. The van der Waals surface area contributed by atoms with E-state index in [1.165, 1.54) is 19.2 Å². The van der Waals surface area contributed by atoms with Crippen molar-refractivity contribution in [2.45, 2.75) is 0 Å². The molecule has 0 aliphatic carbocycles. The maximum Gasteiger partial charge on any atom is 0.277 e. The van der Waals surface area contributed by atoms with Crippen molar-refractivity contribution in [1.29, 1.82) is 0 Å². The van der Waals surface area contributed by atoms with Gasteiger partial charge in [0.05, 0.1) is 30.2 Å². The Labute approximate surface area is 155 Å². The fourth-order valence-corrected chi connectivity index (χ4v) is 2.34. The molecule has 0 unspecified atom stereocenters. The molecule has 134 valence electrons. The van der Waals surface area contributed by atoms with E-state index in [0.717, 1.165) is 12.1 Å². The van der Waals surface area contributed by atoms with Gasteiger partial charge in [-0.3, -0.25) is 9.63 Å². The van der Waals surface area contributed by atoms with E-state index in [2.05, 4.69) is 10.8 Å². The fourth-order valence-electron chi connectivity index (χ4n) is 1.88. The third-order valence-corrected chi connectivity index (χ3v) is 3.76. The SMILES string of the molecule is COCCONC(=O)c1ccc(F)c(F)c1Nc1ccc(I)cc1F. The molecule has 0 fully saturated rings. The molecule has 0 heterocycles. The Morgan fingerprint density at radius 1 is 1.12 bits per heavy atom. The number of hydrogen-bond donors (Lipinski definition) is 2. The minimum absolute atomic E-state index is 0.0699. The molecule has 5 nitrogen and oxygen atoms in total. The highest BCUT2D eigenvalue weighted by Crippen LogP contribution is 2.28. The van der Waals surface area contributed by atoms with E-state index in [-0.39, 0.29) is 24.5 Å². The average molecular weight is 466 g/mol. The van der Waals surface area contributed by atoms with Crippen molar-refractivity contribution in [3.8, 4) is 0 Å². The molecular weight excluding hydrogens is 452 g/mol. The predicted molar refractivity (Wildman–Crippen MR) is 94.1 cm³/mol. The van der Waals surface area contributed by atoms with E-state index in [0.29, 0.717) is 3.57 Å². The van der Waals surface area contributed by atoms with Crippen molar-refractivity contribution >= 4 is 39.9 Å². The molecule has 1 amide bonds. The van der Waals surface area contributed by atoms with Crippen LogP contribution in [0, 0.1) is 21.0 Å². The number of halogens is 4. The lowest BCUT2D eigenvalue weighted by Crippen LogP contribution is -2.26. The van der Waals surface area contributed by atoms with Crippen LogP contribution in [0.1, 0.15) is 10.4 Å². The van der Waals surface area contributed by atoms with Crippen molar-refractivity contribution in [2.75, 3.05) is 25.6 Å². The van der Waals surface area contributed by atoms with Crippen LogP contribution in [0.4, 0.5) is 24.5 Å². The van der Waals surface area contributed by atoms with Gasteiger partial charge in [-0.15, -0.1) is 0 Å². The van der Waals surface area contributed by atoms with Crippen molar-refractivity contribution in [3.63, 3.8) is 0 Å². The molecule has 0 aromatic heterocycles. The maximum atomic E-state index is 14.2. The number of carbonyl (C=O) groups excluding carboxylic acids is 1. The number of hydroxylamine groups is 1. The van der Waals surface area contributed by atoms with Crippen molar-refractivity contribution < 1.29 is 27.5 Å². The average Bonchev–Trinajstić information content (AvgIpc) is 2.58. The van der Waals surface area contributed by atoms with Gasteiger partial charge in [-0.25, -0.2) is 18.7 Å². The number of amides is 1. The van der Waals surface area contributed by atoms with Crippen LogP contribution in [0.5, 0.6) is 0 Å². The van der Waals surface area contributed by atoms with Crippen LogP contribution in [0.25, 0.3) is 0 Å². The number of carbonyl (C=O) groups is 1. The summed E-state index contributed by atoms with van der Waals surface area (Å²) < 4.78 is 47.1. The second kappa shape index (κ2) is 9.02. The molecule has 9 heteroatoms. The largest absolute Gasteiger partial charge is 0.382 e. The van der Waals surface area contributed by atoms with E-state index in [1.54, 1.807) is 6.07 Å². The number of anilines is 2. The summed E-state index contributed by atoms with van der Waals surface area (Å²) >= 11 is 1.91. The highest BCUT2D eigenvalue weighted by atomic mass is 127. The third-order valence-electron chi connectivity index (χ3n) is 3.08.